The summed E-state index contributed by atoms with van der Waals surface area (Å²) in [6.07, 6.45) is 2.58. The summed E-state index contributed by atoms with van der Waals surface area (Å²) in [5, 5.41) is -0.755. The van der Waals surface area contributed by atoms with Crippen molar-refractivity contribution >= 4 is 43.2 Å². The number of rotatable bonds is 3. The monoisotopic (exact) mass is 365 g/mol. The predicted octanol–water partition coefficient (Wildman–Crippen LogP) is 2.83. The Morgan fingerprint density at radius 1 is 1.37 bits per heavy atom. The summed E-state index contributed by atoms with van der Waals surface area (Å²) < 4.78 is 40.0. The Bertz CT molecular complexity index is 726. The van der Waals surface area contributed by atoms with Gasteiger partial charge in [0.25, 0.3) is 10.0 Å². The molecule has 0 fully saturated rings. The maximum absolute atomic E-state index is 13.4. The van der Waals surface area contributed by atoms with E-state index >= 15 is 0 Å². The third-order valence-corrected chi connectivity index (χ3v) is 4.06. The summed E-state index contributed by atoms with van der Waals surface area (Å²) in [5.41, 5.74) is 0.0288. The van der Waals surface area contributed by atoms with Gasteiger partial charge >= 0.3 is 0 Å². The first-order valence-corrected chi connectivity index (χ1v) is 7.50. The number of pyridine rings is 2. The molecular weight excluding hydrogens is 361 g/mol. The van der Waals surface area contributed by atoms with Gasteiger partial charge in [0.15, 0.2) is 11.0 Å². The van der Waals surface area contributed by atoms with Gasteiger partial charge in [0.2, 0.25) is 5.03 Å². The zero-order chi connectivity index (χ0) is 14.0. The fourth-order valence-corrected chi connectivity index (χ4v) is 2.86. The lowest BCUT2D eigenvalue weighted by Gasteiger charge is -2.09. The van der Waals surface area contributed by atoms with Gasteiger partial charge in [-0.25, -0.2) is 14.4 Å². The molecule has 0 atom stereocenters. The second kappa shape index (κ2) is 5.40. The van der Waals surface area contributed by atoms with E-state index in [-0.39, 0.29) is 10.8 Å². The van der Waals surface area contributed by atoms with E-state index in [2.05, 4.69) is 30.6 Å². The van der Waals surface area contributed by atoms with Crippen LogP contribution in [0.4, 0.5) is 10.1 Å². The third kappa shape index (κ3) is 3.20. The summed E-state index contributed by atoms with van der Waals surface area (Å²) in [6, 6.07) is 3.71. The lowest BCUT2D eigenvalue weighted by atomic mass is 10.4. The Hall–Kier alpha value is -1.25. The van der Waals surface area contributed by atoms with Gasteiger partial charge in [-0.05, 0) is 34.1 Å². The highest BCUT2D eigenvalue weighted by molar-refractivity contribution is 9.10. The lowest BCUT2D eigenvalue weighted by molar-refractivity contribution is 0.557. The van der Waals surface area contributed by atoms with Crippen molar-refractivity contribution < 1.29 is 12.8 Å². The van der Waals surface area contributed by atoms with Crippen molar-refractivity contribution in [2.75, 3.05) is 4.72 Å². The zero-order valence-electron chi connectivity index (χ0n) is 9.14. The number of aromatic nitrogens is 2. The number of sulfonamides is 1. The highest BCUT2D eigenvalue weighted by Gasteiger charge is 2.21. The fraction of sp³-hybridized carbons (Fsp3) is 0. The highest BCUT2D eigenvalue weighted by atomic mass is 79.9. The highest BCUT2D eigenvalue weighted by Crippen LogP contribution is 2.25. The minimum atomic E-state index is -4.16. The van der Waals surface area contributed by atoms with Gasteiger partial charge in [-0.15, -0.1) is 0 Å². The van der Waals surface area contributed by atoms with Crippen molar-refractivity contribution in [3.05, 3.63) is 46.0 Å². The van der Waals surface area contributed by atoms with Gasteiger partial charge in [-0.3, -0.25) is 4.72 Å². The minimum Gasteiger partial charge on any atom is -0.275 e. The van der Waals surface area contributed by atoms with Crippen LogP contribution in [0.1, 0.15) is 0 Å². The van der Waals surface area contributed by atoms with Crippen LogP contribution in [0.5, 0.6) is 0 Å². The molecule has 100 valence electrons. The summed E-state index contributed by atoms with van der Waals surface area (Å²) in [7, 11) is -4.16. The zero-order valence-corrected chi connectivity index (χ0v) is 12.3. The Balaban J connectivity index is 2.43. The predicted molar refractivity (Wildman–Crippen MR) is 72.0 cm³/mol. The Morgan fingerprint density at radius 3 is 2.79 bits per heavy atom. The summed E-state index contributed by atoms with van der Waals surface area (Å²) in [6.45, 7) is 0. The number of nitrogens with zero attached hydrogens (tertiary/aromatic N) is 2. The van der Waals surface area contributed by atoms with Crippen LogP contribution in [0.15, 0.2) is 40.1 Å². The topological polar surface area (TPSA) is 72.0 Å². The minimum absolute atomic E-state index is 0.0288. The number of anilines is 1. The molecule has 5 nitrogen and oxygen atoms in total. The van der Waals surface area contributed by atoms with Crippen molar-refractivity contribution in [2.24, 2.45) is 0 Å². The van der Waals surface area contributed by atoms with Crippen molar-refractivity contribution in [3.63, 3.8) is 0 Å². The molecule has 0 spiro atoms. The van der Waals surface area contributed by atoms with Crippen molar-refractivity contribution in [1.82, 2.24) is 9.97 Å². The molecule has 0 aliphatic rings. The molecule has 0 aliphatic heterocycles. The molecule has 1 N–H and O–H groups in total. The largest absolute Gasteiger partial charge is 0.282 e. The van der Waals surface area contributed by atoms with Gasteiger partial charge in [-0.2, -0.15) is 8.42 Å². The van der Waals surface area contributed by atoms with Crippen LogP contribution in [0.2, 0.25) is 5.15 Å². The molecule has 0 unspecified atom stereocenters. The summed E-state index contributed by atoms with van der Waals surface area (Å²) in [5.74, 6) is -0.950. The van der Waals surface area contributed by atoms with E-state index in [1.54, 1.807) is 0 Å². The SMILES string of the molecule is O=S(=O)(Nc1cc(Br)cnc1Cl)c1ncccc1F. The second-order valence-electron chi connectivity index (χ2n) is 3.39. The van der Waals surface area contributed by atoms with Crippen molar-refractivity contribution in [1.29, 1.82) is 0 Å². The van der Waals surface area contributed by atoms with E-state index in [1.807, 2.05) is 0 Å². The maximum Gasteiger partial charge on any atom is 0.282 e. The van der Waals surface area contributed by atoms with Gasteiger partial charge in [0.05, 0.1) is 5.69 Å². The van der Waals surface area contributed by atoms with Crippen molar-refractivity contribution in [3.8, 4) is 0 Å². The number of nitrogens with one attached hydrogen (secondary N) is 1. The number of hydrogen-bond donors (Lipinski definition) is 1. The Morgan fingerprint density at radius 2 is 2.11 bits per heavy atom. The molecule has 0 aromatic carbocycles. The smallest absolute Gasteiger partial charge is 0.275 e. The molecule has 0 bridgehead atoms. The molecule has 0 saturated carbocycles. The standard InChI is InChI=1S/C10H6BrClFN3O2S/c11-6-4-8(9(12)15-5-6)16-19(17,18)10-7(13)2-1-3-14-10/h1-5,16H. The molecule has 2 rings (SSSR count). The second-order valence-corrected chi connectivity index (χ2v) is 6.26. The maximum atomic E-state index is 13.4. The normalized spacial score (nSPS) is 11.3. The van der Waals surface area contributed by atoms with Crippen molar-refractivity contribution in [2.45, 2.75) is 5.03 Å². The van der Waals surface area contributed by atoms with Crippen LogP contribution in [0, 0.1) is 5.82 Å². The van der Waals surface area contributed by atoms with Crippen LogP contribution in [-0.2, 0) is 10.0 Å². The lowest BCUT2D eigenvalue weighted by Crippen LogP contribution is -2.16. The molecule has 2 aromatic heterocycles. The average molecular weight is 367 g/mol. The molecule has 2 heterocycles. The van der Waals surface area contributed by atoms with Gasteiger partial charge in [0, 0.05) is 16.9 Å². The number of halogens is 3. The molecule has 0 aliphatic carbocycles. The quantitative estimate of drug-likeness (QED) is 0.848. The van der Waals surface area contributed by atoms with E-state index in [9.17, 15) is 12.8 Å². The molecular formula is C10H6BrClFN3O2S. The van der Waals surface area contributed by atoms with E-state index < -0.39 is 20.9 Å². The van der Waals surface area contributed by atoms with Crippen LogP contribution in [-0.4, -0.2) is 18.4 Å². The van der Waals surface area contributed by atoms with E-state index in [0.29, 0.717) is 4.47 Å². The Labute approximate surface area is 122 Å². The summed E-state index contributed by atoms with van der Waals surface area (Å²) >= 11 is 8.89. The van der Waals surface area contributed by atoms with Crippen LogP contribution >= 0.6 is 27.5 Å². The van der Waals surface area contributed by atoms with Gasteiger partial charge in [0.1, 0.15) is 0 Å². The van der Waals surface area contributed by atoms with E-state index in [4.69, 9.17) is 11.6 Å². The third-order valence-electron chi connectivity index (χ3n) is 2.03. The van der Waals surface area contributed by atoms with Gasteiger partial charge < -0.3 is 0 Å². The molecule has 0 saturated heterocycles. The van der Waals surface area contributed by atoms with Crippen LogP contribution < -0.4 is 4.72 Å². The molecule has 19 heavy (non-hydrogen) atoms. The average Bonchev–Trinajstić information content (AvgIpc) is 2.34. The van der Waals surface area contributed by atoms with E-state index in [1.165, 1.54) is 24.5 Å². The molecule has 9 heteroatoms. The first-order valence-electron chi connectivity index (χ1n) is 4.84. The first kappa shape index (κ1) is 14.2. The Kier molecular flexibility index (Phi) is 4.02. The summed E-state index contributed by atoms with van der Waals surface area (Å²) in [4.78, 5) is 7.25. The molecule has 0 amide bonds. The van der Waals surface area contributed by atoms with E-state index in [0.717, 1.165) is 6.07 Å². The number of hydrogen-bond acceptors (Lipinski definition) is 4. The van der Waals surface area contributed by atoms with Gasteiger partial charge in [-0.1, -0.05) is 11.6 Å². The molecule has 0 radical (unpaired) electrons. The van der Waals surface area contributed by atoms with Crippen LogP contribution in [0.25, 0.3) is 0 Å². The fourth-order valence-electron chi connectivity index (χ4n) is 1.26. The molecule has 2 aromatic rings. The van der Waals surface area contributed by atoms with Crippen LogP contribution in [0.3, 0.4) is 0 Å². The first-order chi connectivity index (χ1) is 8.90.